The minimum Gasteiger partial charge on any atom is -0.491 e. The van der Waals surface area contributed by atoms with E-state index < -0.39 is 6.29 Å². The van der Waals surface area contributed by atoms with Crippen molar-refractivity contribution in [3.05, 3.63) is 348 Å². The smallest absolute Gasteiger partial charge is 0.302 e. The molecule has 3 aliphatic rings. The molecule has 0 N–H and O–H groups in total. The van der Waals surface area contributed by atoms with Crippen LogP contribution in [0.1, 0.15) is 287 Å². The third-order valence-electron chi connectivity index (χ3n) is 28.4. The summed E-state index contributed by atoms with van der Waals surface area (Å²) < 4.78 is 87.9. The number of benzene rings is 13. The van der Waals surface area contributed by atoms with Gasteiger partial charge in [-0.3, -0.25) is 4.79 Å². The van der Waals surface area contributed by atoms with Gasteiger partial charge in [0, 0.05) is 35.2 Å². The topological polar surface area (TPSA) is 156 Å². The second-order valence-electron chi connectivity index (χ2n) is 38.9. The van der Waals surface area contributed by atoms with Gasteiger partial charge in [0.25, 0.3) is 0 Å². The molecule has 778 valence electrons. The minimum absolute atomic E-state index is 0.252. The van der Waals surface area contributed by atoms with Gasteiger partial charge in [-0.25, -0.2) is 0 Å². The molecule has 16 nitrogen and oxygen atoms in total. The average Bonchev–Trinajstić information content (AvgIpc) is 1.16. The molecule has 0 saturated heterocycles. The summed E-state index contributed by atoms with van der Waals surface area (Å²) in [5.41, 5.74) is 15.5. The number of carbonyl (C=O) groups is 1. The molecule has 0 amide bonds. The first-order valence-corrected chi connectivity index (χ1v) is 54.0. The van der Waals surface area contributed by atoms with Gasteiger partial charge in [-0.2, -0.15) is 0 Å². The van der Waals surface area contributed by atoms with Crippen molar-refractivity contribution in [3.63, 3.8) is 0 Å². The quantitative estimate of drug-likeness (QED) is 0.0201. The summed E-state index contributed by atoms with van der Waals surface area (Å²) in [5.74, 6) is 11.4. The zero-order valence-electron chi connectivity index (χ0n) is 89.7. The van der Waals surface area contributed by atoms with Crippen LogP contribution in [0.15, 0.2) is 303 Å². The Bertz CT molecular complexity index is 5850. The molecule has 0 aliphatic heterocycles. The van der Waals surface area contributed by atoms with Gasteiger partial charge in [-0.1, -0.05) is 326 Å². The molecule has 0 bridgehead atoms. The third kappa shape index (κ3) is 35.7. The van der Waals surface area contributed by atoms with Crippen LogP contribution in [-0.2, 0) is 44.4 Å². The highest BCUT2D eigenvalue weighted by Crippen LogP contribution is 2.44. The van der Waals surface area contributed by atoms with Crippen molar-refractivity contribution < 1.29 is 75.8 Å². The van der Waals surface area contributed by atoms with Crippen molar-refractivity contribution >= 4 is 27.5 Å². The highest BCUT2D eigenvalue weighted by atomic mass is 16.7. The van der Waals surface area contributed by atoms with Gasteiger partial charge in [0.1, 0.15) is 72.4 Å². The van der Waals surface area contributed by atoms with Gasteiger partial charge >= 0.3 is 5.97 Å². The molecule has 0 heterocycles. The molecule has 2 saturated carbocycles. The first-order chi connectivity index (χ1) is 71.1. The van der Waals surface area contributed by atoms with E-state index in [0.29, 0.717) is 107 Å². The number of rotatable bonds is 47. The van der Waals surface area contributed by atoms with Gasteiger partial charge in [0.2, 0.25) is 0 Å². The third-order valence-corrected chi connectivity index (χ3v) is 28.4. The highest BCUT2D eigenvalue weighted by molar-refractivity contribution is 5.92. The second kappa shape index (κ2) is 61.0. The summed E-state index contributed by atoms with van der Waals surface area (Å²) >= 11 is 0. The number of para-hydroxylation sites is 2. The van der Waals surface area contributed by atoms with E-state index in [4.69, 9.17) is 71.1 Å². The van der Waals surface area contributed by atoms with Gasteiger partial charge < -0.3 is 71.1 Å². The number of fused-ring (bicyclic) bond motifs is 3. The van der Waals surface area contributed by atoms with Crippen LogP contribution in [0.4, 0.5) is 0 Å². The molecule has 11 atom stereocenters. The lowest BCUT2D eigenvalue weighted by Gasteiger charge is -2.29. The molecule has 13 aromatic carbocycles. The molecule has 0 aromatic heterocycles. The molecule has 16 rings (SSSR count). The van der Waals surface area contributed by atoms with Crippen molar-refractivity contribution in [3.8, 4) is 68.2 Å². The Morgan fingerprint density at radius 1 is 0.322 bits per heavy atom. The molecule has 0 radical (unpaired) electrons. The monoisotopic (exact) mass is 1980 g/mol. The summed E-state index contributed by atoms with van der Waals surface area (Å²) in [7, 11) is 0. The van der Waals surface area contributed by atoms with Gasteiger partial charge in [-0.15, -0.1) is 0 Å². The predicted molar refractivity (Wildman–Crippen MR) is 595 cm³/mol. The van der Waals surface area contributed by atoms with E-state index in [1.807, 2.05) is 113 Å². The Balaban J connectivity index is 0.000000165. The first-order valence-electron chi connectivity index (χ1n) is 54.0. The van der Waals surface area contributed by atoms with E-state index in [1.165, 1.54) is 107 Å². The molecule has 146 heavy (non-hydrogen) atoms. The standard InChI is InChI=1S/C36H36O3.C30H38O3.C27H36O3.C20H26O3.C17H26O4/c1-4-26(2)30-18-11-22-34-33(30)21-13-23-35(34)39-27(3)37-24-25-38-36-31(28-14-7-5-8-15-28)19-12-20-32(36)29-16-9-6-10-17-29;1-4-22(2)27-12-8-14-29-28(27)13-9-15-30(29)33-23(3)31-20-21-32-26-18-16-25(17-19-26)24-10-6-5-7-11-24;1-19-17-24-18-26(13-14-27(24)20(19)2)30-21(3)28-15-16-29-25-11-9-23(10-12-25)22-7-5-4-6-8-22;1-4-16(2)18-9-8-12-20(15-18)23-17(3)21-13-14-22-19-10-6-5-7-11-19;1-5-13(3)15-8-7-9-16(12-15)21-17(6-2)20-11-10-19-14(4)18/h5-23,26-27H,4,24-25H2,1-3H3;8-9,12-19,22-24H,4-7,10-11,20-21H2,1-3H3;4-8,13-14,18-21,23,25H,9-12,15-17H2,1-3H3;5-12,15-17H,4,13-14H2,1-3H3;7-9,12-13,17H,5-6,10-11H2,1-4H3. The predicted octanol–water partition coefficient (Wildman–Crippen LogP) is 33.1. The van der Waals surface area contributed by atoms with E-state index in [1.54, 1.807) is 0 Å². The fourth-order valence-corrected chi connectivity index (χ4v) is 19.1. The normalized spacial score (nSPS) is 16.7. The molecular formula is C130H162O16. The van der Waals surface area contributed by atoms with E-state index in [2.05, 4.69) is 294 Å². The fraction of sp³-hybridized carbons (Fsp3) is 0.423. The summed E-state index contributed by atoms with van der Waals surface area (Å²) in [6, 6.07) is 105. The Morgan fingerprint density at radius 3 is 1.23 bits per heavy atom. The van der Waals surface area contributed by atoms with Gasteiger partial charge in [-0.05, 0) is 285 Å². The average molecular weight is 1980 g/mol. The number of hydrogen-bond acceptors (Lipinski definition) is 16. The summed E-state index contributed by atoms with van der Waals surface area (Å²) in [5, 5.41) is 4.76. The van der Waals surface area contributed by atoms with Crippen LogP contribution in [-0.4, -0.2) is 110 Å². The van der Waals surface area contributed by atoms with E-state index in [0.717, 1.165) is 136 Å². The Labute approximate surface area is 872 Å². The minimum atomic E-state index is -0.413. The Kier molecular flexibility index (Phi) is 47.1. The maximum atomic E-state index is 10.7. The van der Waals surface area contributed by atoms with Crippen LogP contribution in [0.2, 0.25) is 0 Å². The first kappa shape index (κ1) is 113. The molecule has 0 spiro atoms. The van der Waals surface area contributed by atoms with Crippen LogP contribution in [0, 0.1) is 5.92 Å². The number of hydrogen-bond donors (Lipinski definition) is 0. The van der Waals surface area contributed by atoms with E-state index in [9.17, 15) is 4.79 Å². The Morgan fingerprint density at radius 2 is 0.726 bits per heavy atom. The fourth-order valence-electron chi connectivity index (χ4n) is 19.1. The van der Waals surface area contributed by atoms with Gasteiger partial charge in [0.05, 0.1) is 45.7 Å². The zero-order valence-corrected chi connectivity index (χ0v) is 89.7. The van der Waals surface area contributed by atoms with Crippen molar-refractivity contribution in [2.75, 3.05) is 66.1 Å². The van der Waals surface area contributed by atoms with Crippen molar-refractivity contribution in [1.82, 2.24) is 0 Å². The maximum absolute atomic E-state index is 10.7. The van der Waals surface area contributed by atoms with Crippen molar-refractivity contribution in [1.29, 1.82) is 0 Å². The van der Waals surface area contributed by atoms with Crippen molar-refractivity contribution in [2.24, 2.45) is 5.92 Å². The van der Waals surface area contributed by atoms with Gasteiger partial charge in [0.15, 0.2) is 31.5 Å². The van der Waals surface area contributed by atoms with E-state index in [-0.39, 0.29) is 37.7 Å². The molecule has 16 heteroatoms. The van der Waals surface area contributed by atoms with Crippen LogP contribution < -0.4 is 37.9 Å². The summed E-state index contributed by atoms with van der Waals surface area (Å²) in [4.78, 5) is 10.7. The number of carbonyl (C=O) groups excluding carboxylic acids is 1. The summed E-state index contributed by atoms with van der Waals surface area (Å²) in [6.45, 7) is 38.1. The van der Waals surface area contributed by atoms with Crippen molar-refractivity contribution in [2.45, 2.75) is 286 Å². The summed E-state index contributed by atoms with van der Waals surface area (Å²) in [6.07, 6.45) is 16.5. The highest BCUT2D eigenvalue weighted by Gasteiger charge is 2.28. The largest absolute Gasteiger partial charge is 0.491 e. The lowest BCUT2D eigenvalue weighted by atomic mass is 9.83. The lowest BCUT2D eigenvalue weighted by molar-refractivity contribution is -0.146. The number of ether oxygens (including phenoxy) is 15. The SMILES string of the molecule is CC(OCCOC1CCC(c2ccccc2)CC1)Oc1ccc2c(c1)CC(C)C2C.CCC(C)c1cccc(OC(C)OCCOc2ccccc2)c1.CCC(C)c1cccc2c(OC(C)OCCOc3c(-c4ccccc4)cccc3-c3ccccc3)cccc12.CCC(C)c1cccc2c(OC(C)OCCOc3ccc(C4CCCCC4)cc3)cccc12.CCC(OCCOC(C)=O)Oc1cccc(C(C)CC)c1. The van der Waals surface area contributed by atoms with Crippen LogP contribution >= 0.6 is 0 Å². The molecule has 2 fully saturated rings. The molecule has 11 unspecified atom stereocenters. The van der Waals surface area contributed by atoms with E-state index >= 15 is 0 Å². The molecule has 3 aliphatic carbocycles. The Hall–Kier alpha value is -12.0. The zero-order chi connectivity index (χ0) is 103. The second-order valence-corrected chi connectivity index (χ2v) is 38.9. The number of esters is 1. The van der Waals surface area contributed by atoms with Crippen LogP contribution in [0.3, 0.4) is 0 Å². The molecular weight excluding hydrogens is 1820 g/mol. The van der Waals surface area contributed by atoms with Crippen LogP contribution in [0.25, 0.3) is 43.8 Å². The maximum Gasteiger partial charge on any atom is 0.302 e. The lowest BCUT2D eigenvalue weighted by Crippen LogP contribution is -2.24. The molecule has 13 aromatic rings. The van der Waals surface area contributed by atoms with Crippen LogP contribution in [0.5, 0.6) is 46.0 Å².